The number of benzene rings is 3. The van der Waals surface area contributed by atoms with E-state index in [1.54, 1.807) is 60.5 Å². The SMILES string of the molecule is CN1c2cc(C(=O)c3ccccc3)cc(C(N)=O)c2Nc2cccc(C(N)=O)c21. The van der Waals surface area contributed by atoms with E-state index in [0.29, 0.717) is 39.4 Å². The highest BCUT2D eigenvalue weighted by Gasteiger charge is 2.29. The molecule has 1 heterocycles. The Kier molecular flexibility index (Phi) is 4.27. The standard InChI is InChI=1S/C22H18N4O3/c1-26-17-11-13(20(27)12-6-3-2-4-7-12)10-15(22(24)29)18(17)25-16-9-5-8-14(19(16)26)21(23)28/h2-11,25H,1H3,(H2,23,28)(H2,24,29). The zero-order chi connectivity index (χ0) is 20.7. The summed E-state index contributed by atoms with van der Waals surface area (Å²) in [5.41, 5.74) is 14.6. The fourth-order valence-corrected chi connectivity index (χ4v) is 3.56. The Hall–Kier alpha value is -4.13. The third-order valence-corrected chi connectivity index (χ3v) is 4.94. The molecule has 4 rings (SSSR count). The molecule has 0 radical (unpaired) electrons. The summed E-state index contributed by atoms with van der Waals surface area (Å²) in [6.45, 7) is 0. The van der Waals surface area contributed by atoms with Crippen LogP contribution in [0.25, 0.3) is 0 Å². The first-order chi connectivity index (χ1) is 13.9. The number of nitrogens with two attached hydrogens (primary N) is 2. The summed E-state index contributed by atoms with van der Waals surface area (Å²) in [7, 11) is 1.74. The van der Waals surface area contributed by atoms with E-state index < -0.39 is 11.8 Å². The highest BCUT2D eigenvalue weighted by atomic mass is 16.1. The zero-order valence-electron chi connectivity index (χ0n) is 15.6. The molecule has 2 amide bonds. The predicted molar refractivity (Wildman–Crippen MR) is 111 cm³/mol. The van der Waals surface area contributed by atoms with Gasteiger partial charge in [0.1, 0.15) is 0 Å². The quantitative estimate of drug-likeness (QED) is 0.596. The van der Waals surface area contributed by atoms with Crippen LogP contribution in [0.2, 0.25) is 0 Å². The third kappa shape index (κ3) is 2.98. The molecular weight excluding hydrogens is 368 g/mol. The number of rotatable bonds is 4. The van der Waals surface area contributed by atoms with Gasteiger partial charge in [-0.1, -0.05) is 36.4 Å². The first kappa shape index (κ1) is 18.2. The normalized spacial score (nSPS) is 11.8. The Morgan fingerprint density at radius 1 is 0.828 bits per heavy atom. The van der Waals surface area contributed by atoms with Crippen molar-refractivity contribution in [1.29, 1.82) is 0 Å². The van der Waals surface area contributed by atoms with Gasteiger partial charge in [0, 0.05) is 18.2 Å². The van der Waals surface area contributed by atoms with E-state index in [0.717, 1.165) is 0 Å². The number of amides is 2. The summed E-state index contributed by atoms with van der Waals surface area (Å²) in [6.07, 6.45) is 0. The van der Waals surface area contributed by atoms with Crippen LogP contribution in [0.5, 0.6) is 0 Å². The molecule has 7 heteroatoms. The van der Waals surface area contributed by atoms with Crippen LogP contribution in [0.4, 0.5) is 22.7 Å². The number of para-hydroxylation sites is 1. The van der Waals surface area contributed by atoms with Crippen molar-refractivity contribution in [3.63, 3.8) is 0 Å². The number of ketones is 1. The van der Waals surface area contributed by atoms with E-state index in [4.69, 9.17) is 11.5 Å². The van der Waals surface area contributed by atoms with E-state index in [9.17, 15) is 14.4 Å². The molecule has 0 fully saturated rings. The molecule has 1 aliphatic heterocycles. The number of primary amides is 2. The molecule has 29 heavy (non-hydrogen) atoms. The maximum absolute atomic E-state index is 13.0. The van der Waals surface area contributed by atoms with Crippen LogP contribution in [-0.2, 0) is 0 Å². The molecule has 0 saturated carbocycles. The molecule has 5 N–H and O–H groups in total. The summed E-state index contributed by atoms with van der Waals surface area (Å²) in [6, 6.07) is 17.0. The van der Waals surface area contributed by atoms with Crippen LogP contribution >= 0.6 is 0 Å². The van der Waals surface area contributed by atoms with Crippen LogP contribution in [0.3, 0.4) is 0 Å². The topological polar surface area (TPSA) is 119 Å². The average molecular weight is 386 g/mol. The fourth-order valence-electron chi connectivity index (χ4n) is 3.56. The molecule has 1 aliphatic rings. The number of nitrogens with one attached hydrogen (secondary N) is 1. The monoisotopic (exact) mass is 386 g/mol. The minimum Gasteiger partial charge on any atom is -0.366 e. The van der Waals surface area contributed by atoms with Crippen LogP contribution in [0, 0.1) is 0 Å². The Morgan fingerprint density at radius 2 is 1.52 bits per heavy atom. The minimum absolute atomic E-state index is 0.184. The molecule has 0 aromatic heterocycles. The van der Waals surface area contributed by atoms with Crippen molar-refractivity contribution in [3.8, 4) is 0 Å². The fraction of sp³-hybridized carbons (Fsp3) is 0.0455. The zero-order valence-corrected chi connectivity index (χ0v) is 15.6. The highest BCUT2D eigenvalue weighted by Crippen LogP contribution is 2.46. The number of anilines is 4. The predicted octanol–water partition coefficient (Wildman–Crippen LogP) is 2.94. The van der Waals surface area contributed by atoms with Gasteiger partial charge in [-0.2, -0.15) is 0 Å². The van der Waals surface area contributed by atoms with Gasteiger partial charge < -0.3 is 21.7 Å². The third-order valence-electron chi connectivity index (χ3n) is 4.94. The van der Waals surface area contributed by atoms with Crippen molar-refractivity contribution >= 4 is 40.3 Å². The molecule has 7 nitrogen and oxygen atoms in total. The second-order valence-electron chi connectivity index (χ2n) is 6.73. The number of fused-ring (bicyclic) bond motifs is 2. The van der Waals surface area contributed by atoms with Crippen LogP contribution in [-0.4, -0.2) is 24.6 Å². The van der Waals surface area contributed by atoms with Crippen molar-refractivity contribution < 1.29 is 14.4 Å². The van der Waals surface area contributed by atoms with Crippen LogP contribution < -0.4 is 21.7 Å². The van der Waals surface area contributed by atoms with E-state index in [1.165, 1.54) is 6.07 Å². The maximum Gasteiger partial charge on any atom is 0.250 e. The van der Waals surface area contributed by atoms with Crippen LogP contribution in [0.1, 0.15) is 36.6 Å². The van der Waals surface area contributed by atoms with E-state index >= 15 is 0 Å². The van der Waals surface area contributed by atoms with Crippen molar-refractivity contribution in [1.82, 2.24) is 0 Å². The maximum atomic E-state index is 13.0. The molecule has 144 valence electrons. The van der Waals surface area contributed by atoms with Gasteiger partial charge >= 0.3 is 0 Å². The lowest BCUT2D eigenvalue weighted by Gasteiger charge is -2.33. The van der Waals surface area contributed by atoms with Gasteiger partial charge in [-0.15, -0.1) is 0 Å². The lowest BCUT2D eigenvalue weighted by Crippen LogP contribution is -2.26. The molecular formula is C22H18N4O3. The van der Waals surface area contributed by atoms with Crippen molar-refractivity contribution in [2.75, 3.05) is 17.3 Å². The lowest BCUT2D eigenvalue weighted by atomic mass is 9.96. The molecule has 0 bridgehead atoms. The summed E-state index contributed by atoms with van der Waals surface area (Å²) < 4.78 is 0. The van der Waals surface area contributed by atoms with Gasteiger partial charge in [-0.05, 0) is 24.3 Å². The number of hydrogen-bond donors (Lipinski definition) is 3. The Bertz CT molecular complexity index is 1170. The Morgan fingerprint density at radius 3 is 2.17 bits per heavy atom. The summed E-state index contributed by atoms with van der Waals surface area (Å²) in [5.74, 6) is -1.48. The molecule has 0 spiro atoms. The Labute approximate surface area is 166 Å². The van der Waals surface area contributed by atoms with Gasteiger partial charge in [-0.3, -0.25) is 14.4 Å². The van der Waals surface area contributed by atoms with Gasteiger partial charge in [0.15, 0.2) is 5.78 Å². The molecule has 0 aliphatic carbocycles. The molecule has 0 unspecified atom stereocenters. The molecule has 0 saturated heterocycles. The van der Waals surface area contributed by atoms with Gasteiger partial charge in [-0.25, -0.2) is 0 Å². The summed E-state index contributed by atoms with van der Waals surface area (Å²) >= 11 is 0. The molecule has 0 atom stereocenters. The van der Waals surface area contributed by atoms with E-state index in [2.05, 4.69) is 5.32 Å². The second-order valence-corrected chi connectivity index (χ2v) is 6.73. The highest BCUT2D eigenvalue weighted by molar-refractivity contribution is 6.15. The van der Waals surface area contributed by atoms with Crippen molar-refractivity contribution in [2.24, 2.45) is 11.5 Å². The number of nitrogens with zero attached hydrogens (tertiary/aromatic N) is 1. The van der Waals surface area contributed by atoms with Crippen molar-refractivity contribution in [2.45, 2.75) is 0 Å². The minimum atomic E-state index is -0.667. The summed E-state index contributed by atoms with van der Waals surface area (Å²) in [5, 5.41) is 3.16. The number of hydrogen-bond acceptors (Lipinski definition) is 5. The first-order valence-corrected chi connectivity index (χ1v) is 8.89. The number of carbonyl (C=O) groups excluding carboxylic acids is 3. The van der Waals surface area contributed by atoms with Gasteiger partial charge in [0.2, 0.25) is 0 Å². The van der Waals surface area contributed by atoms with Gasteiger partial charge in [0.05, 0.1) is 33.9 Å². The molecule has 3 aromatic rings. The largest absolute Gasteiger partial charge is 0.366 e. The van der Waals surface area contributed by atoms with Gasteiger partial charge in [0.25, 0.3) is 11.8 Å². The summed E-state index contributed by atoms with van der Waals surface area (Å²) in [4.78, 5) is 38.8. The van der Waals surface area contributed by atoms with E-state index in [-0.39, 0.29) is 11.3 Å². The average Bonchev–Trinajstić information content (AvgIpc) is 2.72. The smallest absolute Gasteiger partial charge is 0.250 e. The second kappa shape index (κ2) is 6.79. The lowest BCUT2D eigenvalue weighted by molar-refractivity contribution is 0.0991. The van der Waals surface area contributed by atoms with E-state index in [1.807, 2.05) is 6.07 Å². The molecule has 3 aromatic carbocycles. The number of carbonyl (C=O) groups is 3. The van der Waals surface area contributed by atoms with Crippen molar-refractivity contribution in [3.05, 3.63) is 82.9 Å². The first-order valence-electron chi connectivity index (χ1n) is 8.89. The van der Waals surface area contributed by atoms with Crippen LogP contribution in [0.15, 0.2) is 60.7 Å². The Balaban J connectivity index is 1.91.